The molecule has 2 aromatic rings. The van der Waals surface area contributed by atoms with E-state index in [1.807, 2.05) is 19.9 Å². The molecule has 100 valence electrons. The zero-order chi connectivity index (χ0) is 14.2. The molecule has 3 N–H and O–H groups in total. The zero-order valence-corrected chi connectivity index (χ0v) is 13.1. The molecule has 0 spiro atoms. The number of nitrogens with zero attached hydrogens (tertiary/aromatic N) is 1. The predicted octanol–water partition coefficient (Wildman–Crippen LogP) is 3.13. The minimum atomic E-state index is -0.184. The Balaban J connectivity index is 2.45. The van der Waals surface area contributed by atoms with Gasteiger partial charge in [0.05, 0.1) is 5.69 Å². The summed E-state index contributed by atoms with van der Waals surface area (Å²) in [7, 11) is 0. The molecular formula is C13H14BrN3OS. The first kappa shape index (κ1) is 14.0. The normalized spacial score (nSPS) is 10.7. The molecule has 0 unspecified atom stereocenters. The maximum Gasteiger partial charge on any atom is 0.263 e. The average molecular weight is 340 g/mol. The highest BCUT2D eigenvalue weighted by molar-refractivity contribution is 9.11. The summed E-state index contributed by atoms with van der Waals surface area (Å²) in [6.07, 6.45) is 0. The summed E-state index contributed by atoms with van der Waals surface area (Å²) in [6.45, 7) is 7.88. The maximum atomic E-state index is 12.1. The van der Waals surface area contributed by atoms with Crippen LogP contribution in [-0.4, -0.2) is 17.4 Å². The van der Waals surface area contributed by atoms with Crippen molar-refractivity contribution in [1.29, 1.82) is 0 Å². The van der Waals surface area contributed by atoms with Gasteiger partial charge < -0.3 is 11.1 Å². The summed E-state index contributed by atoms with van der Waals surface area (Å²) < 4.78 is 1.71. The number of nitrogens with two attached hydrogens (primary N) is 1. The number of amides is 1. The van der Waals surface area contributed by atoms with E-state index in [0.29, 0.717) is 21.6 Å². The summed E-state index contributed by atoms with van der Waals surface area (Å²) in [5, 5.41) is 3.63. The number of aromatic nitrogens is 1. The number of hydrogen-bond acceptors (Lipinski definition) is 4. The number of pyridine rings is 1. The van der Waals surface area contributed by atoms with Crippen molar-refractivity contribution >= 4 is 48.9 Å². The minimum Gasteiger partial charge on any atom is -0.397 e. The topological polar surface area (TPSA) is 68.0 Å². The summed E-state index contributed by atoms with van der Waals surface area (Å²) in [4.78, 5) is 17.0. The van der Waals surface area contributed by atoms with Crippen LogP contribution in [0.3, 0.4) is 0 Å². The van der Waals surface area contributed by atoms with Crippen LogP contribution in [0.4, 0.5) is 5.69 Å². The quantitative estimate of drug-likeness (QED) is 0.902. The Morgan fingerprint density at radius 3 is 2.89 bits per heavy atom. The number of nitrogen functional groups attached to an aromatic ring is 1. The molecule has 0 saturated carbocycles. The lowest BCUT2D eigenvalue weighted by Gasteiger charge is -2.03. The van der Waals surface area contributed by atoms with Gasteiger partial charge in [-0.05, 0) is 19.9 Å². The van der Waals surface area contributed by atoms with Gasteiger partial charge in [0, 0.05) is 32.5 Å². The van der Waals surface area contributed by atoms with Crippen molar-refractivity contribution in [2.45, 2.75) is 13.8 Å². The van der Waals surface area contributed by atoms with Gasteiger partial charge in [-0.1, -0.05) is 22.5 Å². The summed E-state index contributed by atoms with van der Waals surface area (Å²) in [5.41, 5.74) is 8.35. The van der Waals surface area contributed by atoms with E-state index in [9.17, 15) is 4.79 Å². The Kier molecular flexibility index (Phi) is 3.91. The van der Waals surface area contributed by atoms with Crippen molar-refractivity contribution in [3.8, 4) is 0 Å². The van der Waals surface area contributed by atoms with Crippen LogP contribution in [0.25, 0.3) is 10.1 Å². The number of fused-ring (bicyclic) bond motifs is 1. The van der Waals surface area contributed by atoms with E-state index in [-0.39, 0.29) is 5.91 Å². The van der Waals surface area contributed by atoms with Gasteiger partial charge in [-0.3, -0.25) is 9.78 Å². The van der Waals surface area contributed by atoms with Crippen LogP contribution in [0.15, 0.2) is 17.1 Å². The molecule has 2 rings (SSSR count). The van der Waals surface area contributed by atoms with Gasteiger partial charge in [0.2, 0.25) is 0 Å². The molecule has 0 fully saturated rings. The fourth-order valence-electron chi connectivity index (χ4n) is 1.90. The smallest absolute Gasteiger partial charge is 0.263 e. The largest absolute Gasteiger partial charge is 0.397 e. The highest BCUT2D eigenvalue weighted by Crippen LogP contribution is 2.35. The summed E-state index contributed by atoms with van der Waals surface area (Å²) in [6, 6.07) is 1.95. The molecule has 19 heavy (non-hydrogen) atoms. The molecule has 1 amide bonds. The lowest BCUT2D eigenvalue weighted by Crippen LogP contribution is -2.24. The second kappa shape index (κ2) is 5.30. The lowest BCUT2D eigenvalue weighted by molar-refractivity contribution is 0.0962. The lowest BCUT2D eigenvalue weighted by atomic mass is 10.2. The number of carbonyl (C=O) groups excluding carboxylic acids is 1. The molecule has 6 heteroatoms. The number of rotatable bonds is 3. The third-order valence-electron chi connectivity index (χ3n) is 2.67. The van der Waals surface area contributed by atoms with Crippen LogP contribution in [0, 0.1) is 13.8 Å². The van der Waals surface area contributed by atoms with Gasteiger partial charge in [0.15, 0.2) is 0 Å². The third-order valence-corrected chi connectivity index (χ3v) is 4.10. The second-order valence-electron chi connectivity index (χ2n) is 4.27. The summed E-state index contributed by atoms with van der Waals surface area (Å²) in [5.74, 6) is -0.184. The van der Waals surface area contributed by atoms with Crippen molar-refractivity contribution in [3.63, 3.8) is 0 Å². The number of aryl methyl sites for hydroxylation is 2. The van der Waals surface area contributed by atoms with Crippen molar-refractivity contribution in [1.82, 2.24) is 10.3 Å². The molecule has 0 aliphatic carbocycles. The Bertz CT molecular complexity index is 678. The van der Waals surface area contributed by atoms with Crippen molar-refractivity contribution < 1.29 is 4.79 Å². The molecule has 0 saturated heterocycles. The number of halogens is 1. The standard InChI is InChI=1S/C13H14BrN3OS/c1-6(14)5-16-13(18)12-11(15)10-8(3)17-7(2)4-9(10)19-12/h4H,1,5,15H2,2-3H3,(H,16,18). The fraction of sp³-hybridized carbons (Fsp3) is 0.231. The van der Waals surface area contributed by atoms with Crippen LogP contribution in [0.1, 0.15) is 21.1 Å². The van der Waals surface area contributed by atoms with Gasteiger partial charge in [-0.25, -0.2) is 0 Å². The Morgan fingerprint density at radius 1 is 1.58 bits per heavy atom. The number of thiophene rings is 1. The van der Waals surface area contributed by atoms with Crippen molar-refractivity contribution in [2.24, 2.45) is 0 Å². The average Bonchev–Trinajstić information content (AvgIpc) is 2.63. The first-order valence-electron chi connectivity index (χ1n) is 5.68. The van der Waals surface area contributed by atoms with Crippen LogP contribution in [0.5, 0.6) is 0 Å². The van der Waals surface area contributed by atoms with E-state index >= 15 is 0 Å². The van der Waals surface area contributed by atoms with E-state index < -0.39 is 0 Å². The van der Waals surface area contributed by atoms with Crippen LogP contribution in [-0.2, 0) is 0 Å². The molecule has 0 aliphatic heterocycles. The SMILES string of the molecule is C=C(Br)CNC(=O)c1sc2cc(C)nc(C)c2c1N. The predicted molar refractivity (Wildman–Crippen MR) is 83.9 cm³/mol. The first-order valence-corrected chi connectivity index (χ1v) is 7.28. The molecule has 0 atom stereocenters. The number of nitrogens with one attached hydrogen (secondary N) is 1. The monoisotopic (exact) mass is 339 g/mol. The molecule has 0 aromatic carbocycles. The summed E-state index contributed by atoms with van der Waals surface area (Å²) >= 11 is 4.59. The van der Waals surface area contributed by atoms with Crippen LogP contribution < -0.4 is 11.1 Å². The van der Waals surface area contributed by atoms with Crippen LogP contribution >= 0.6 is 27.3 Å². The number of hydrogen-bond donors (Lipinski definition) is 2. The van der Waals surface area contributed by atoms with Crippen LogP contribution in [0.2, 0.25) is 0 Å². The first-order chi connectivity index (χ1) is 8.90. The highest BCUT2D eigenvalue weighted by Gasteiger charge is 2.18. The van der Waals surface area contributed by atoms with E-state index in [4.69, 9.17) is 5.73 Å². The Labute approximate surface area is 123 Å². The van der Waals surface area contributed by atoms with Gasteiger partial charge in [0.1, 0.15) is 4.88 Å². The second-order valence-corrected chi connectivity index (χ2v) is 6.44. The molecular weight excluding hydrogens is 326 g/mol. The van der Waals surface area contributed by atoms with Gasteiger partial charge >= 0.3 is 0 Å². The fourth-order valence-corrected chi connectivity index (χ4v) is 3.23. The van der Waals surface area contributed by atoms with Gasteiger partial charge in [-0.2, -0.15) is 0 Å². The van der Waals surface area contributed by atoms with E-state index in [1.54, 1.807) is 0 Å². The minimum absolute atomic E-state index is 0.184. The number of anilines is 1. The van der Waals surface area contributed by atoms with Gasteiger partial charge in [-0.15, -0.1) is 11.3 Å². The van der Waals surface area contributed by atoms with Gasteiger partial charge in [0.25, 0.3) is 5.91 Å². The van der Waals surface area contributed by atoms with E-state index in [0.717, 1.165) is 21.5 Å². The van der Waals surface area contributed by atoms with Crippen molar-refractivity contribution in [3.05, 3.63) is 33.4 Å². The maximum absolute atomic E-state index is 12.1. The molecule has 2 heterocycles. The number of carbonyl (C=O) groups is 1. The van der Waals surface area contributed by atoms with Crippen molar-refractivity contribution in [2.75, 3.05) is 12.3 Å². The van der Waals surface area contributed by atoms with E-state index in [2.05, 4.69) is 32.8 Å². The van der Waals surface area contributed by atoms with E-state index in [1.165, 1.54) is 11.3 Å². The third kappa shape index (κ3) is 2.79. The Morgan fingerprint density at radius 2 is 2.26 bits per heavy atom. The molecule has 0 aliphatic rings. The highest BCUT2D eigenvalue weighted by atomic mass is 79.9. The molecule has 2 aromatic heterocycles. The molecule has 0 bridgehead atoms. The Hall–Kier alpha value is -1.40. The molecule has 0 radical (unpaired) electrons. The zero-order valence-electron chi connectivity index (χ0n) is 10.7. The molecule has 4 nitrogen and oxygen atoms in total.